The number of rotatable bonds is 5. The van der Waals surface area contributed by atoms with Crippen LogP contribution in [0.5, 0.6) is 5.75 Å². The number of hydrogen-bond donors (Lipinski definition) is 1. The average molecular weight is 340 g/mol. The molecular formula is C18H20N4O3. The number of nitrogens with one attached hydrogen (secondary N) is 1. The zero-order chi connectivity index (χ0) is 18.6. The van der Waals surface area contributed by atoms with Gasteiger partial charge in [0.2, 0.25) is 5.91 Å². The molecule has 0 bridgehead atoms. The first-order valence-corrected chi connectivity index (χ1v) is 7.70. The van der Waals surface area contributed by atoms with E-state index in [1.807, 2.05) is 20.8 Å². The molecule has 2 rings (SSSR count). The van der Waals surface area contributed by atoms with Crippen molar-refractivity contribution in [1.82, 2.24) is 9.78 Å². The Balaban J connectivity index is 2.17. The molecule has 0 saturated carbocycles. The fourth-order valence-electron chi connectivity index (χ4n) is 2.14. The Morgan fingerprint density at radius 2 is 2.08 bits per heavy atom. The van der Waals surface area contributed by atoms with E-state index in [-0.39, 0.29) is 11.1 Å². The Labute approximate surface area is 146 Å². The van der Waals surface area contributed by atoms with Gasteiger partial charge in [0.05, 0.1) is 30.5 Å². The van der Waals surface area contributed by atoms with Crippen LogP contribution in [-0.2, 0) is 10.3 Å². The first-order valence-electron chi connectivity index (χ1n) is 7.70. The van der Waals surface area contributed by atoms with Crippen LogP contribution < -0.4 is 10.1 Å². The van der Waals surface area contributed by atoms with Gasteiger partial charge in [-0.05, 0) is 32.9 Å². The van der Waals surface area contributed by atoms with Crippen LogP contribution in [-0.4, -0.2) is 28.6 Å². The van der Waals surface area contributed by atoms with Crippen LogP contribution in [0.15, 0.2) is 36.7 Å². The van der Waals surface area contributed by atoms with Crippen LogP contribution in [0, 0.1) is 17.2 Å². The number of Topliss-reactive ketones (excluding diaryl/α,β-unsaturated/α-hetero) is 1. The second-order valence-corrected chi connectivity index (χ2v) is 6.49. The quantitative estimate of drug-likeness (QED) is 0.666. The maximum Gasteiger partial charge on any atom is 0.249 e. The first kappa shape index (κ1) is 18.2. The van der Waals surface area contributed by atoms with Gasteiger partial charge in [0, 0.05) is 18.0 Å². The molecule has 1 N–H and O–H groups in total. The third kappa shape index (κ3) is 4.23. The molecule has 1 aromatic heterocycles. The third-order valence-electron chi connectivity index (χ3n) is 3.55. The van der Waals surface area contributed by atoms with Crippen LogP contribution in [0.3, 0.4) is 0 Å². The summed E-state index contributed by atoms with van der Waals surface area (Å²) in [5, 5.41) is 16.0. The number of aromatic nitrogens is 2. The Morgan fingerprint density at radius 3 is 2.64 bits per heavy atom. The molecule has 0 aliphatic rings. The molecule has 1 atom stereocenters. The maximum absolute atomic E-state index is 12.5. The minimum absolute atomic E-state index is 0.224. The highest BCUT2D eigenvalue weighted by molar-refractivity contribution is 6.15. The molecule has 0 fully saturated rings. The summed E-state index contributed by atoms with van der Waals surface area (Å²) in [6, 6.07) is 8.45. The molecule has 7 heteroatoms. The van der Waals surface area contributed by atoms with E-state index in [9.17, 15) is 14.9 Å². The molecule has 0 spiro atoms. The molecule has 2 aromatic rings. The van der Waals surface area contributed by atoms with Crippen molar-refractivity contribution in [3.05, 3.63) is 42.2 Å². The number of carbonyl (C=O) groups is 2. The zero-order valence-corrected chi connectivity index (χ0v) is 14.6. The summed E-state index contributed by atoms with van der Waals surface area (Å²) in [6.45, 7) is 5.81. The van der Waals surface area contributed by atoms with Crippen molar-refractivity contribution in [2.75, 3.05) is 12.4 Å². The summed E-state index contributed by atoms with van der Waals surface area (Å²) in [5.41, 5.74) is 0.369. The van der Waals surface area contributed by atoms with E-state index in [4.69, 9.17) is 4.74 Å². The lowest BCUT2D eigenvalue weighted by Gasteiger charge is -2.18. The van der Waals surface area contributed by atoms with Gasteiger partial charge in [-0.25, -0.2) is 0 Å². The van der Waals surface area contributed by atoms with Crippen molar-refractivity contribution >= 4 is 17.4 Å². The monoisotopic (exact) mass is 340 g/mol. The van der Waals surface area contributed by atoms with Gasteiger partial charge in [0.15, 0.2) is 11.7 Å². The minimum atomic E-state index is -1.45. The largest absolute Gasteiger partial charge is 0.497 e. The average Bonchev–Trinajstić information content (AvgIpc) is 3.06. The van der Waals surface area contributed by atoms with E-state index in [0.29, 0.717) is 11.4 Å². The summed E-state index contributed by atoms with van der Waals surface area (Å²) in [7, 11) is 1.51. The molecule has 0 saturated heterocycles. The number of nitrogens with zero attached hydrogens (tertiary/aromatic N) is 3. The predicted molar refractivity (Wildman–Crippen MR) is 92.3 cm³/mol. The Morgan fingerprint density at radius 1 is 1.36 bits per heavy atom. The Bertz CT molecular complexity index is 827. The number of ketones is 1. The summed E-state index contributed by atoms with van der Waals surface area (Å²) in [4.78, 5) is 24.8. The second kappa shape index (κ2) is 7.18. The number of amides is 1. The fourth-order valence-corrected chi connectivity index (χ4v) is 2.14. The molecule has 1 aromatic carbocycles. The topological polar surface area (TPSA) is 97.0 Å². The molecule has 130 valence electrons. The van der Waals surface area contributed by atoms with Crippen molar-refractivity contribution in [1.29, 1.82) is 5.26 Å². The van der Waals surface area contributed by atoms with Crippen LogP contribution in [0.4, 0.5) is 5.69 Å². The van der Waals surface area contributed by atoms with Gasteiger partial charge < -0.3 is 10.1 Å². The fraction of sp³-hybridized carbons (Fsp3) is 0.333. The van der Waals surface area contributed by atoms with Crippen LogP contribution in [0.25, 0.3) is 0 Å². The summed E-state index contributed by atoms with van der Waals surface area (Å²) in [5.74, 6) is -2.17. The third-order valence-corrected chi connectivity index (χ3v) is 3.55. The van der Waals surface area contributed by atoms with E-state index in [2.05, 4.69) is 10.4 Å². The van der Waals surface area contributed by atoms with Crippen molar-refractivity contribution in [3.63, 3.8) is 0 Å². The van der Waals surface area contributed by atoms with Crippen LogP contribution >= 0.6 is 0 Å². The lowest BCUT2D eigenvalue weighted by molar-refractivity contribution is -0.117. The molecule has 7 nitrogen and oxygen atoms in total. The van der Waals surface area contributed by atoms with Crippen LogP contribution in [0.2, 0.25) is 0 Å². The highest BCUT2D eigenvalue weighted by atomic mass is 16.5. The highest BCUT2D eigenvalue weighted by Crippen LogP contribution is 2.19. The molecular weight excluding hydrogens is 320 g/mol. The molecule has 0 aliphatic carbocycles. The van der Waals surface area contributed by atoms with Gasteiger partial charge >= 0.3 is 0 Å². The van der Waals surface area contributed by atoms with Crippen molar-refractivity contribution in [2.24, 2.45) is 5.92 Å². The van der Waals surface area contributed by atoms with Crippen molar-refractivity contribution < 1.29 is 14.3 Å². The van der Waals surface area contributed by atoms with Gasteiger partial charge in [-0.3, -0.25) is 14.3 Å². The predicted octanol–water partition coefficient (Wildman–Crippen LogP) is 2.61. The minimum Gasteiger partial charge on any atom is -0.497 e. The number of hydrogen-bond acceptors (Lipinski definition) is 5. The number of anilines is 1. The number of carbonyl (C=O) groups excluding carboxylic acids is 2. The summed E-state index contributed by atoms with van der Waals surface area (Å²) >= 11 is 0. The van der Waals surface area contributed by atoms with Gasteiger partial charge in [-0.2, -0.15) is 10.4 Å². The summed E-state index contributed by atoms with van der Waals surface area (Å²) < 4.78 is 6.70. The molecule has 0 aliphatic heterocycles. The van der Waals surface area contributed by atoms with E-state index in [1.165, 1.54) is 13.3 Å². The standard InChI is InChI=1S/C18H20N4O3/c1-18(2,3)22-11-12(10-20-22)16(23)15(9-19)17(24)21-13-6-5-7-14(8-13)25-4/h5-8,10-11,15H,1-4H3,(H,21,24). The van der Waals surface area contributed by atoms with Gasteiger partial charge in [0.25, 0.3) is 0 Å². The summed E-state index contributed by atoms with van der Waals surface area (Å²) in [6.07, 6.45) is 2.92. The SMILES string of the molecule is COc1cccc(NC(=O)C(C#N)C(=O)c2cnn(C(C)(C)C)c2)c1. The maximum atomic E-state index is 12.5. The molecule has 1 heterocycles. The van der Waals surface area contributed by atoms with Crippen LogP contribution in [0.1, 0.15) is 31.1 Å². The smallest absolute Gasteiger partial charge is 0.249 e. The van der Waals surface area contributed by atoms with Crippen molar-refractivity contribution in [3.8, 4) is 11.8 Å². The molecule has 0 radical (unpaired) electrons. The van der Waals surface area contributed by atoms with Crippen molar-refractivity contribution in [2.45, 2.75) is 26.3 Å². The van der Waals surface area contributed by atoms with E-state index < -0.39 is 17.6 Å². The normalized spacial score (nSPS) is 12.1. The first-order chi connectivity index (χ1) is 11.8. The Kier molecular flexibility index (Phi) is 5.22. The molecule has 25 heavy (non-hydrogen) atoms. The lowest BCUT2D eigenvalue weighted by atomic mass is 10.00. The Hall–Kier alpha value is -3.14. The molecule has 1 amide bonds. The van der Waals surface area contributed by atoms with E-state index in [0.717, 1.165) is 0 Å². The number of benzene rings is 1. The lowest BCUT2D eigenvalue weighted by Crippen LogP contribution is -2.28. The second-order valence-electron chi connectivity index (χ2n) is 6.49. The van der Waals surface area contributed by atoms with Gasteiger partial charge in [-0.15, -0.1) is 0 Å². The zero-order valence-electron chi connectivity index (χ0n) is 14.6. The molecule has 1 unspecified atom stereocenters. The van der Waals surface area contributed by atoms with Gasteiger partial charge in [0.1, 0.15) is 5.75 Å². The number of methoxy groups -OCH3 is 1. The van der Waals surface area contributed by atoms with E-state index >= 15 is 0 Å². The van der Waals surface area contributed by atoms with E-state index in [1.54, 1.807) is 41.2 Å². The number of ether oxygens (including phenoxy) is 1. The van der Waals surface area contributed by atoms with Gasteiger partial charge in [-0.1, -0.05) is 6.07 Å². The number of nitriles is 1. The highest BCUT2D eigenvalue weighted by Gasteiger charge is 2.29.